The van der Waals surface area contributed by atoms with Crippen LogP contribution in [0.4, 0.5) is 0 Å². The summed E-state index contributed by atoms with van der Waals surface area (Å²) in [6.45, 7) is 14.2. The number of thiocarbonyl (C=S) groups is 1. The lowest BCUT2D eigenvalue weighted by Gasteiger charge is -2.27. The van der Waals surface area contributed by atoms with E-state index in [9.17, 15) is 9.59 Å². The van der Waals surface area contributed by atoms with Gasteiger partial charge in [0.15, 0.2) is 5.11 Å². The fraction of sp³-hybridized carbons (Fsp3) is 0.261. The molecule has 1 aliphatic rings. The number of carbonyl (C=O) groups excluding carboxylic acids is 2. The van der Waals surface area contributed by atoms with Crippen LogP contribution in [0, 0.1) is 34.6 Å². The summed E-state index contributed by atoms with van der Waals surface area (Å²) in [5.41, 5.74) is 7.60. The highest BCUT2D eigenvalue weighted by Gasteiger charge is 2.33. The third-order valence-electron chi connectivity index (χ3n) is 5.13. The Morgan fingerprint density at radius 3 is 2.28 bits per heavy atom. The zero-order valence-electron chi connectivity index (χ0n) is 17.4. The van der Waals surface area contributed by atoms with Crippen LogP contribution in [0.5, 0.6) is 0 Å². The van der Waals surface area contributed by atoms with Gasteiger partial charge in [0.1, 0.15) is 5.57 Å². The van der Waals surface area contributed by atoms with Crippen molar-refractivity contribution in [1.82, 2.24) is 14.8 Å². The first kappa shape index (κ1) is 20.7. The average Bonchev–Trinajstić information content (AvgIpc) is 2.89. The van der Waals surface area contributed by atoms with Crippen molar-refractivity contribution in [2.24, 2.45) is 0 Å². The van der Waals surface area contributed by atoms with Gasteiger partial charge in [-0.25, -0.2) is 0 Å². The number of hydrogen-bond acceptors (Lipinski definition) is 3. The van der Waals surface area contributed by atoms with Gasteiger partial charge in [0.25, 0.3) is 11.8 Å². The lowest BCUT2D eigenvalue weighted by Crippen LogP contribution is -2.53. The van der Waals surface area contributed by atoms with E-state index < -0.39 is 11.8 Å². The van der Waals surface area contributed by atoms with Crippen LogP contribution in [0.1, 0.15) is 33.6 Å². The first-order valence-electron chi connectivity index (χ1n) is 9.42. The Balaban J connectivity index is 2.12. The molecule has 2 heterocycles. The Kier molecular flexibility index (Phi) is 5.57. The van der Waals surface area contributed by atoms with Crippen LogP contribution < -0.4 is 5.32 Å². The predicted octanol–water partition coefficient (Wildman–Crippen LogP) is 3.83. The molecule has 0 atom stereocenters. The van der Waals surface area contributed by atoms with Crippen molar-refractivity contribution in [2.75, 3.05) is 6.54 Å². The topological polar surface area (TPSA) is 54.3 Å². The number of nitrogens with one attached hydrogen (secondary N) is 1. The summed E-state index contributed by atoms with van der Waals surface area (Å²) in [6.07, 6.45) is 3.22. The lowest BCUT2D eigenvalue weighted by atomic mass is 10.0. The fourth-order valence-electron chi connectivity index (χ4n) is 3.95. The molecule has 0 bridgehead atoms. The summed E-state index contributed by atoms with van der Waals surface area (Å²) in [5.74, 6) is -0.890. The second-order valence-corrected chi connectivity index (χ2v) is 7.82. The summed E-state index contributed by atoms with van der Waals surface area (Å²) >= 11 is 5.11. The molecular weight excluding hydrogens is 382 g/mol. The van der Waals surface area contributed by atoms with Crippen LogP contribution in [0.25, 0.3) is 11.8 Å². The fourth-order valence-corrected chi connectivity index (χ4v) is 4.20. The van der Waals surface area contributed by atoms with Crippen LogP contribution in [-0.2, 0) is 9.59 Å². The zero-order chi connectivity index (χ0) is 21.5. The predicted molar refractivity (Wildman–Crippen MR) is 120 cm³/mol. The standard InChI is InChI=1S/C23H25N3O2S/c1-7-8-25-22(28)19(21(27)24-23(25)29)12-18-11-16(5)26(17(18)6)20-14(3)9-13(2)10-15(20)4/h7,9-12H,1,8H2,2-6H3,(H,24,27,29)/b19-12+. The second-order valence-electron chi connectivity index (χ2n) is 7.43. The van der Waals surface area contributed by atoms with Gasteiger partial charge in [0.2, 0.25) is 0 Å². The maximum atomic E-state index is 12.8. The van der Waals surface area contributed by atoms with Gasteiger partial charge in [-0.3, -0.25) is 19.8 Å². The maximum absolute atomic E-state index is 12.8. The molecule has 0 spiro atoms. The highest BCUT2D eigenvalue weighted by molar-refractivity contribution is 7.80. The molecule has 1 saturated heterocycles. The third kappa shape index (κ3) is 3.68. The van der Waals surface area contributed by atoms with E-state index in [1.165, 1.54) is 21.6 Å². The van der Waals surface area contributed by atoms with Crippen LogP contribution in [-0.4, -0.2) is 32.9 Å². The highest BCUT2D eigenvalue weighted by atomic mass is 32.1. The zero-order valence-corrected chi connectivity index (χ0v) is 18.2. The van der Waals surface area contributed by atoms with Gasteiger partial charge >= 0.3 is 0 Å². The van der Waals surface area contributed by atoms with Crippen LogP contribution in [0.3, 0.4) is 0 Å². The molecule has 3 rings (SSSR count). The molecule has 1 aliphatic heterocycles. The monoisotopic (exact) mass is 407 g/mol. The van der Waals surface area contributed by atoms with E-state index in [2.05, 4.69) is 49.4 Å². The molecule has 0 radical (unpaired) electrons. The van der Waals surface area contributed by atoms with Gasteiger partial charge in [0, 0.05) is 17.9 Å². The number of nitrogens with zero attached hydrogens (tertiary/aromatic N) is 2. The molecule has 5 nitrogen and oxygen atoms in total. The van der Waals surface area contributed by atoms with Crippen molar-refractivity contribution in [3.05, 3.63) is 70.1 Å². The number of carbonyl (C=O) groups is 2. The number of amides is 2. The SMILES string of the molecule is C=CCN1C(=O)/C(=C/c2cc(C)n(-c3c(C)cc(C)cc3C)c2C)C(=O)NC1=S. The molecule has 0 saturated carbocycles. The van der Waals surface area contributed by atoms with E-state index in [1.54, 1.807) is 12.2 Å². The molecule has 2 amide bonds. The molecule has 29 heavy (non-hydrogen) atoms. The van der Waals surface area contributed by atoms with Crippen LogP contribution >= 0.6 is 12.2 Å². The van der Waals surface area contributed by atoms with Gasteiger partial charge in [-0.2, -0.15) is 0 Å². The van der Waals surface area contributed by atoms with Gasteiger partial charge < -0.3 is 4.57 Å². The minimum absolute atomic E-state index is 0.0676. The number of benzene rings is 1. The van der Waals surface area contributed by atoms with Crippen LogP contribution in [0.2, 0.25) is 0 Å². The van der Waals surface area contributed by atoms with Crippen LogP contribution in [0.15, 0.2) is 36.4 Å². The van der Waals surface area contributed by atoms with E-state index in [0.717, 1.165) is 22.6 Å². The summed E-state index contributed by atoms with van der Waals surface area (Å²) < 4.78 is 2.17. The smallest absolute Gasteiger partial charge is 0.265 e. The molecule has 6 heteroatoms. The molecule has 0 unspecified atom stereocenters. The molecule has 2 aromatic rings. The van der Waals surface area contributed by atoms with Crippen molar-refractivity contribution in [2.45, 2.75) is 34.6 Å². The van der Waals surface area contributed by atoms with Crippen molar-refractivity contribution in [3.8, 4) is 5.69 Å². The maximum Gasteiger partial charge on any atom is 0.265 e. The number of rotatable bonds is 4. The Morgan fingerprint density at radius 2 is 1.69 bits per heavy atom. The molecule has 1 fully saturated rings. The molecule has 150 valence electrons. The Morgan fingerprint density at radius 1 is 1.07 bits per heavy atom. The van der Waals surface area contributed by atoms with E-state index in [1.807, 2.05) is 19.9 Å². The van der Waals surface area contributed by atoms with Crippen molar-refractivity contribution in [3.63, 3.8) is 0 Å². The quantitative estimate of drug-likeness (QED) is 0.363. The molecule has 1 aromatic heterocycles. The molecule has 1 N–H and O–H groups in total. The summed E-state index contributed by atoms with van der Waals surface area (Å²) in [5, 5.41) is 2.69. The molecule has 0 aliphatic carbocycles. The Hall–Kier alpha value is -2.99. The van der Waals surface area contributed by atoms with Gasteiger partial charge in [0.05, 0.1) is 5.69 Å². The minimum Gasteiger partial charge on any atom is -0.317 e. The van der Waals surface area contributed by atoms with Crippen molar-refractivity contribution < 1.29 is 9.59 Å². The summed E-state index contributed by atoms with van der Waals surface area (Å²) in [7, 11) is 0. The van der Waals surface area contributed by atoms with E-state index in [4.69, 9.17) is 12.2 Å². The molecular formula is C23H25N3O2S. The van der Waals surface area contributed by atoms with Gasteiger partial charge in [-0.15, -0.1) is 6.58 Å². The van der Waals surface area contributed by atoms with Crippen molar-refractivity contribution in [1.29, 1.82) is 0 Å². The van der Waals surface area contributed by atoms with E-state index in [0.29, 0.717) is 0 Å². The minimum atomic E-state index is -0.479. The lowest BCUT2D eigenvalue weighted by molar-refractivity contribution is -0.128. The summed E-state index contributed by atoms with van der Waals surface area (Å²) in [6, 6.07) is 6.31. The second kappa shape index (κ2) is 7.79. The first-order valence-corrected chi connectivity index (χ1v) is 9.83. The van der Waals surface area contributed by atoms with Gasteiger partial charge in [-0.1, -0.05) is 23.8 Å². The number of aromatic nitrogens is 1. The molecule has 1 aromatic carbocycles. The van der Waals surface area contributed by atoms with Gasteiger partial charge in [-0.05, 0) is 75.7 Å². The first-order chi connectivity index (χ1) is 13.6. The van der Waals surface area contributed by atoms with Crippen molar-refractivity contribution >= 4 is 35.2 Å². The van der Waals surface area contributed by atoms with E-state index in [-0.39, 0.29) is 17.2 Å². The average molecular weight is 408 g/mol. The Bertz CT molecular complexity index is 1070. The highest BCUT2D eigenvalue weighted by Crippen LogP contribution is 2.28. The number of aryl methyl sites for hydroxylation is 4. The Labute approximate surface area is 176 Å². The normalized spacial score (nSPS) is 15.8. The summed E-state index contributed by atoms with van der Waals surface area (Å²) in [4.78, 5) is 26.6. The van der Waals surface area contributed by atoms with E-state index >= 15 is 0 Å². The number of hydrogen-bond donors (Lipinski definition) is 1. The largest absolute Gasteiger partial charge is 0.317 e. The third-order valence-corrected chi connectivity index (χ3v) is 5.45.